The zero-order chi connectivity index (χ0) is 59.8. The van der Waals surface area contributed by atoms with E-state index in [4.69, 9.17) is 14.2 Å². The Labute approximate surface area is 471 Å². The molecular weight excluding hydrogens is 1100 g/mol. The number of H-pyrrole nitrogens is 2. The molecule has 3 aromatic carbocycles. The van der Waals surface area contributed by atoms with Crippen molar-refractivity contribution in [1.82, 2.24) is 41.0 Å². The largest absolute Gasteiger partial charge is 0.496 e. The molecule has 0 saturated carbocycles. The first-order chi connectivity index (χ1) is 39.6. The molecule has 6 heterocycles. The molecule has 0 bridgehead atoms. The number of Topliss-reactive ketones (excluding diaryl/α,β-unsaturated/α-hetero) is 2. The number of methoxy groups -OCH3 is 2. The Hall–Kier alpha value is -8.00. The average Bonchev–Trinajstić information content (AvgIpc) is 3.35. The Bertz CT molecular complexity index is 3190. The van der Waals surface area contributed by atoms with Gasteiger partial charge in [-0.1, -0.05) is 42.5 Å². The molecule has 4 fully saturated rings. The molecule has 4 aliphatic heterocycles. The maximum absolute atomic E-state index is 13.9. The van der Waals surface area contributed by atoms with E-state index in [9.17, 15) is 69.8 Å². The van der Waals surface area contributed by atoms with Crippen molar-refractivity contribution in [2.75, 3.05) is 53.6 Å². The number of aliphatic hydroxyl groups is 1. The number of alkyl halides is 6. The summed E-state index contributed by atoms with van der Waals surface area (Å²) in [7, 11) is 2.90. The average molecular weight is 1170 g/mol. The summed E-state index contributed by atoms with van der Waals surface area (Å²) in [5.41, 5.74) is 1.87. The standard InChI is InChI=1S/C32H35F3N4O6.C25H29F3N4O6/c1-44-28-11-5-10-23-22(28)15-25(37-23)31(43)39-16-21(32(33,34)35)14-26(39)30(42)38-24(13-20-9-6-12-36-29(20)41)27(40)18-45-17-19-7-3-2-4-8-19;1-38-21-6-2-5-16-15(21)10-18(30-16)24(37)32-11-14(25(26,27)28)9-19(32)23(36)31-17(20(34)12-33)8-13-4-3-7-29-22(13)35/h2-5,7-8,10-11,15,20-21,24,26,37H,6,9,12-14,16-18H2,1H3,(H,36,41)(H,38,42);2,5-6,10,13-14,17,19,30,33H,3-4,7-9,11-12H2,1H3,(H,29,35)(H,31,36)/t20-,21+,24-,26-;13-,14+,17-,19-/m00/s1. The Kier molecular flexibility index (Phi) is 19.5. The second-order valence-electron chi connectivity index (χ2n) is 21.0. The van der Waals surface area contributed by atoms with Gasteiger partial charge in [-0.05, 0) is 93.3 Å². The predicted molar refractivity (Wildman–Crippen MR) is 285 cm³/mol. The van der Waals surface area contributed by atoms with Crippen molar-refractivity contribution >= 4 is 68.8 Å². The normalized spacial score (nSPS) is 21.7. The lowest BCUT2D eigenvalue weighted by Gasteiger charge is -2.29. The van der Waals surface area contributed by atoms with Crippen LogP contribution >= 0.6 is 0 Å². The van der Waals surface area contributed by atoms with Crippen LogP contribution < -0.4 is 30.7 Å². The number of carbonyl (C=O) groups is 8. The summed E-state index contributed by atoms with van der Waals surface area (Å²) in [6, 6.07) is 16.6. The van der Waals surface area contributed by atoms with E-state index in [-0.39, 0.29) is 49.3 Å². The number of aliphatic hydroxyl groups excluding tert-OH is 1. The third kappa shape index (κ3) is 14.6. The Morgan fingerprint density at radius 1 is 0.639 bits per heavy atom. The molecule has 2 aromatic heterocycles. The number of likely N-dealkylation sites (tertiary alicyclic amines) is 2. The van der Waals surface area contributed by atoms with Crippen LogP contribution in [0.1, 0.15) is 77.9 Å². The van der Waals surface area contributed by atoms with Crippen LogP contribution in [-0.2, 0) is 40.1 Å². The fourth-order valence-corrected chi connectivity index (χ4v) is 11.1. The van der Waals surface area contributed by atoms with Gasteiger partial charge in [0.15, 0.2) is 11.6 Å². The lowest BCUT2D eigenvalue weighted by molar-refractivity contribution is -0.171. The van der Waals surface area contributed by atoms with Gasteiger partial charge in [0.05, 0.1) is 44.7 Å². The van der Waals surface area contributed by atoms with Gasteiger partial charge in [-0.3, -0.25) is 38.4 Å². The summed E-state index contributed by atoms with van der Waals surface area (Å²) >= 11 is 0. The number of aromatic nitrogens is 2. The quantitative estimate of drug-likeness (QED) is 0.0520. The highest BCUT2D eigenvalue weighted by molar-refractivity contribution is 6.04. The third-order valence-corrected chi connectivity index (χ3v) is 15.6. The van der Waals surface area contributed by atoms with Crippen LogP contribution in [0, 0.1) is 23.7 Å². The van der Waals surface area contributed by atoms with Crippen molar-refractivity contribution in [3.8, 4) is 11.5 Å². The van der Waals surface area contributed by atoms with Crippen LogP contribution in [0.3, 0.4) is 0 Å². The number of hydrogen-bond acceptors (Lipinski definition) is 12. The van der Waals surface area contributed by atoms with Gasteiger partial charge in [-0.25, -0.2) is 0 Å². The highest BCUT2D eigenvalue weighted by Crippen LogP contribution is 2.40. The van der Waals surface area contributed by atoms with Crippen molar-refractivity contribution in [2.24, 2.45) is 23.7 Å². The molecule has 0 unspecified atom stereocenters. The minimum Gasteiger partial charge on any atom is -0.496 e. The molecule has 5 aromatic rings. The topological polar surface area (TPSA) is 271 Å². The van der Waals surface area contributed by atoms with Crippen molar-refractivity contribution in [3.05, 3.63) is 95.8 Å². The Morgan fingerprint density at radius 2 is 1.08 bits per heavy atom. The van der Waals surface area contributed by atoms with Crippen molar-refractivity contribution in [1.29, 1.82) is 0 Å². The SMILES string of the molecule is COc1cccc2[nH]c(C(=O)N3C[C@H](C(F)(F)F)C[C@H]3C(=O)N[C@@H](C[C@@H]3CCCNC3=O)C(=O)CO)cc12.COc1cccc2[nH]c(C(=O)N3C[C@H](C(F)(F)F)C[C@H]3C(=O)N[C@@H](C[C@@H]3CCCNC3=O)C(=O)COCc3ccccc3)cc12. The van der Waals surface area contributed by atoms with Crippen molar-refractivity contribution < 1.29 is 84.0 Å². The number of nitrogens with zero attached hydrogens (tertiary/aromatic N) is 2. The van der Waals surface area contributed by atoms with Gasteiger partial charge >= 0.3 is 12.4 Å². The summed E-state index contributed by atoms with van der Waals surface area (Å²) in [4.78, 5) is 112. The van der Waals surface area contributed by atoms with Crippen LogP contribution in [-0.4, -0.2) is 162 Å². The molecule has 9 rings (SSSR count). The number of aromatic amines is 2. The van der Waals surface area contributed by atoms with Gasteiger partial charge in [0, 0.05) is 59.8 Å². The van der Waals surface area contributed by atoms with Gasteiger partial charge in [-0.2, -0.15) is 26.3 Å². The molecule has 83 heavy (non-hydrogen) atoms. The number of fused-ring (bicyclic) bond motifs is 2. The molecule has 0 aliphatic carbocycles. The molecule has 20 nitrogen and oxygen atoms in total. The van der Waals surface area contributed by atoms with Crippen LogP contribution in [0.5, 0.6) is 11.5 Å². The molecule has 26 heteroatoms. The number of carbonyl (C=O) groups excluding carboxylic acids is 8. The zero-order valence-electron chi connectivity index (χ0n) is 45.3. The minimum absolute atomic E-state index is 0.00376. The second-order valence-corrected chi connectivity index (χ2v) is 21.0. The minimum atomic E-state index is -4.66. The van der Waals surface area contributed by atoms with E-state index >= 15 is 0 Å². The van der Waals surface area contributed by atoms with E-state index in [1.165, 1.54) is 26.4 Å². The first kappa shape index (κ1) is 61.1. The summed E-state index contributed by atoms with van der Waals surface area (Å²) < 4.78 is 99.0. The molecule has 4 aliphatic rings. The van der Waals surface area contributed by atoms with Gasteiger partial charge in [0.25, 0.3) is 11.8 Å². The van der Waals surface area contributed by atoms with Gasteiger partial charge in [-0.15, -0.1) is 0 Å². The first-order valence-corrected chi connectivity index (χ1v) is 27.1. The molecular formula is C57H64F6N8O12. The van der Waals surface area contributed by atoms with Crippen LogP contribution in [0.25, 0.3) is 21.8 Å². The van der Waals surface area contributed by atoms with E-state index in [0.717, 1.165) is 15.4 Å². The number of nitrogens with one attached hydrogen (secondary N) is 6. The van der Waals surface area contributed by atoms with Crippen molar-refractivity contribution in [3.63, 3.8) is 0 Å². The summed E-state index contributed by atoms with van der Waals surface area (Å²) in [5, 5.41) is 20.9. The Morgan fingerprint density at radius 3 is 1.49 bits per heavy atom. The number of piperidine rings is 2. The molecule has 446 valence electrons. The smallest absolute Gasteiger partial charge is 0.393 e. The fourth-order valence-electron chi connectivity index (χ4n) is 11.1. The molecule has 7 N–H and O–H groups in total. The monoisotopic (exact) mass is 1170 g/mol. The number of rotatable bonds is 19. The summed E-state index contributed by atoms with van der Waals surface area (Å²) in [6.07, 6.45) is -8.51. The summed E-state index contributed by atoms with van der Waals surface area (Å²) in [6.45, 7) is -1.66. The van der Waals surface area contributed by atoms with Crippen LogP contribution in [0.4, 0.5) is 26.3 Å². The molecule has 4 saturated heterocycles. The van der Waals surface area contributed by atoms with Gasteiger partial charge in [0.1, 0.15) is 48.2 Å². The predicted octanol–water partition coefficient (Wildman–Crippen LogP) is 5.29. The molecule has 0 radical (unpaired) electrons. The summed E-state index contributed by atoms with van der Waals surface area (Å²) in [5.74, 6) is -9.47. The number of ketones is 2. The lowest BCUT2D eigenvalue weighted by atomic mass is 9.90. The van der Waals surface area contributed by atoms with Crippen molar-refractivity contribution in [2.45, 2.75) is 94.5 Å². The lowest BCUT2D eigenvalue weighted by Crippen LogP contribution is -2.53. The maximum Gasteiger partial charge on any atom is 0.393 e. The zero-order valence-corrected chi connectivity index (χ0v) is 45.3. The number of benzene rings is 3. The number of hydrogen-bond donors (Lipinski definition) is 7. The highest BCUT2D eigenvalue weighted by Gasteiger charge is 2.53. The fraction of sp³-hybridized carbons (Fsp3) is 0.474. The van der Waals surface area contributed by atoms with E-state index in [0.29, 0.717) is 72.1 Å². The number of halogens is 6. The first-order valence-electron chi connectivity index (χ1n) is 27.1. The van der Waals surface area contributed by atoms with Gasteiger partial charge < -0.3 is 60.4 Å². The van der Waals surface area contributed by atoms with Gasteiger partial charge in [0.2, 0.25) is 23.6 Å². The van der Waals surface area contributed by atoms with E-state index in [1.54, 1.807) is 36.4 Å². The third-order valence-electron chi connectivity index (χ3n) is 15.6. The number of amides is 6. The molecule has 6 amide bonds. The second kappa shape index (κ2) is 26.5. The van der Waals surface area contributed by atoms with Crippen LogP contribution in [0.15, 0.2) is 78.9 Å². The highest BCUT2D eigenvalue weighted by atomic mass is 19.4. The van der Waals surface area contributed by atoms with E-state index < -0.39 is 128 Å². The van der Waals surface area contributed by atoms with E-state index in [2.05, 4.69) is 31.2 Å². The Balaban J connectivity index is 0.000000220. The van der Waals surface area contributed by atoms with E-state index in [1.807, 2.05) is 30.3 Å². The van der Waals surface area contributed by atoms with Crippen LogP contribution in [0.2, 0.25) is 0 Å². The molecule has 0 spiro atoms. The molecule has 8 atom stereocenters. The maximum atomic E-state index is 13.9. The number of ether oxygens (including phenoxy) is 3.